The Labute approximate surface area is 117 Å². The molecule has 2 heterocycles. The third-order valence-corrected chi connectivity index (χ3v) is 4.24. The minimum atomic E-state index is 0.196. The predicted octanol–water partition coefficient (Wildman–Crippen LogP) is 1.47. The number of hydrogen-bond donors (Lipinski definition) is 2. The maximum Gasteiger partial charge on any atom is 0.225 e. The van der Waals surface area contributed by atoms with E-state index in [0.717, 1.165) is 30.6 Å². The highest BCUT2D eigenvalue weighted by molar-refractivity contribution is 7.09. The van der Waals surface area contributed by atoms with Gasteiger partial charge in [-0.2, -0.15) is 4.57 Å². The zero-order valence-corrected chi connectivity index (χ0v) is 12.2. The highest BCUT2D eigenvalue weighted by Gasteiger charge is 2.18. The minimum absolute atomic E-state index is 0.196. The Kier molecular flexibility index (Phi) is 4.50. The molecule has 0 spiro atoms. The molecule has 0 aromatic carbocycles. The number of nitrogen functional groups attached to an aromatic ring is 1. The SMILES string of the molecule is CCc1c(CCO)sc[n+]1Cc1ccc(C)nc1N. The van der Waals surface area contributed by atoms with Gasteiger partial charge in [0.2, 0.25) is 5.51 Å². The van der Waals surface area contributed by atoms with E-state index in [-0.39, 0.29) is 6.61 Å². The summed E-state index contributed by atoms with van der Waals surface area (Å²) in [5.41, 5.74) is 11.3. The fourth-order valence-electron chi connectivity index (χ4n) is 2.18. The molecule has 5 heteroatoms. The van der Waals surface area contributed by atoms with Crippen molar-refractivity contribution in [3.63, 3.8) is 0 Å². The maximum absolute atomic E-state index is 9.08. The lowest BCUT2D eigenvalue weighted by molar-refractivity contribution is -0.690. The van der Waals surface area contributed by atoms with E-state index in [4.69, 9.17) is 10.8 Å². The second kappa shape index (κ2) is 6.12. The summed E-state index contributed by atoms with van der Waals surface area (Å²) in [6.45, 7) is 5.01. The van der Waals surface area contributed by atoms with Gasteiger partial charge in [-0.05, 0) is 19.1 Å². The summed E-state index contributed by atoms with van der Waals surface area (Å²) >= 11 is 1.70. The van der Waals surface area contributed by atoms with Crippen LogP contribution in [0.3, 0.4) is 0 Å². The number of hydrogen-bond acceptors (Lipinski definition) is 4. The molecule has 2 aromatic heterocycles. The van der Waals surface area contributed by atoms with Crippen LogP contribution >= 0.6 is 11.3 Å². The Bertz CT molecular complexity index is 566. The van der Waals surface area contributed by atoms with Crippen LogP contribution in [0.15, 0.2) is 17.6 Å². The van der Waals surface area contributed by atoms with Crippen molar-refractivity contribution < 1.29 is 9.67 Å². The first kappa shape index (κ1) is 14.0. The van der Waals surface area contributed by atoms with E-state index in [1.807, 2.05) is 19.1 Å². The van der Waals surface area contributed by atoms with Gasteiger partial charge in [0.1, 0.15) is 5.82 Å². The van der Waals surface area contributed by atoms with Crippen LogP contribution in [0.25, 0.3) is 0 Å². The number of pyridine rings is 1. The van der Waals surface area contributed by atoms with Gasteiger partial charge in [-0.3, -0.25) is 0 Å². The molecule has 2 aromatic rings. The van der Waals surface area contributed by atoms with E-state index < -0.39 is 0 Å². The molecule has 3 N–H and O–H groups in total. The number of aliphatic hydroxyl groups excluding tert-OH is 1. The lowest BCUT2D eigenvalue weighted by Gasteiger charge is -2.03. The number of nitrogens with zero attached hydrogens (tertiary/aromatic N) is 2. The smallest absolute Gasteiger partial charge is 0.225 e. The van der Waals surface area contributed by atoms with E-state index in [2.05, 4.69) is 22.0 Å². The van der Waals surface area contributed by atoms with E-state index in [0.29, 0.717) is 5.82 Å². The van der Waals surface area contributed by atoms with Gasteiger partial charge in [0.05, 0.1) is 10.4 Å². The maximum atomic E-state index is 9.08. The average Bonchev–Trinajstić information content (AvgIpc) is 2.75. The molecule has 0 amide bonds. The molecule has 0 unspecified atom stereocenters. The van der Waals surface area contributed by atoms with Gasteiger partial charge in [-0.1, -0.05) is 18.3 Å². The molecule has 0 aliphatic carbocycles. The minimum Gasteiger partial charge on any atom is -0.396 e. The Morgan fingerprint density at radius 3 is 2.84 bits per heavy atom. The van der Waals surface area contributed by atoms with Crippen molar-refractivity contribution in [3.05, 3.63) is 39.5 Å². The fourth-order valence-corrected chi connectivity index (χ4v) is 3.24. The standard InChI is InChI=1S/C14H20N3OS/c1-3-12-13(6-7-18)19-9-17(12)8-11-5-4-10(2)16-14(11)15/h4-5,9,18H,3,6-8H2,1-2H3,(H2,15,16)/q+1. The number of aliphatic hydroxyl groups is 1. The second-order valence-corrected chi connectivity index (χ2v) is 5.48. The quantitative estimate of drug-likeness (QED) is 0.814. The normalized spacial score (nSPS) is 10.9. The Morgan fingerprint density at radius 2 is 2.21 bits per heavy atom. The molecule has 0 bridgehead atoms. The number of aryl methyl sites for hydroxylation is 1. The molecule has 0 saturated carbocycles. The first-order valence-corrected chi connectivity index (χ1v) is 7.35. The van der Waals surface area contributed by atoms with Crippen LogP contribution in [-0.4, -0.2) is 16.7 Å². The van der Waals surface area contributed by atoms with Crippen LogP contribution in [-0.2, 0) is 19.4 Å². The number of anilines is 1. The summed E-state index contributed by atoms with van der Waals surface area (Å²) in [5, 5.41) is 9.08. The second-order valence-electron chi connectivity index (χ2n) is 4.55. The largest absolute Gasteiger partial charge is 0.396 e. The molecular weight excluding hydrogens is 258 g/mol. The Morgan fingerprint density at radius 1 is 1.42 bits per heavy atom. The molecule has 4 nitrogen and oxygen atoms in total. The van der Waals surface area contributed by atoms with Crippen LogP contribution in [0.4, 0.5) is 5.82 Å². The van der Waals surface area contributed by atoms with Crippen LogP contribution in [0, 0.1) is 6.92 Å². The molecule has 0 fully saturated rings. The molecule has 0 radical (unpaired) electrons. The summed E-state index contributed by atoms with van der Waals surface area (Å²) in [6, 6.07) is 4.02. The number of nitrogens with two attached hydrogens (primary N) is 1. The van der Waals surface area contributed by atoms with Crippen LogP contribution in [0.1, 0.15) is 28.8 Å². The molecule has 0 atom stereocenters. The fraction of sp³-hybridized carbons (Fsp3) is 0.429. The molecule has 0 aliphatic heterocycles. The average molecular weight is 278 g/mol. The van der Waals surface area contributed by atoms with Gasteiger partial charge in [0.25, 0.3) is 0 Å². The van der Waals surface area contributed by atoms with Crippen LogP contribution in [0.5, 0.6) is 0 Å². The number of thiazole rings is 1. The Hall–Kier alpha value is -1.46. The van der Waals surface area contributed by atoms with Crippen molar-refractivity contribution in [2.75, 3.05) is 12.3 Å². The zero-order chi connectivity index (χ0) is 13.8. The highest BCUT2D eigenvalue weighted by atomic mass is 32.1. The summed E-state index contributed by atoms with van der Waals surface area (Å²) in [5.74, 6) is 0.601. The number of rotatable bonds is 5. The van der Waals surface area contributed by atoms with Gasteiger partial charge < -0.3 is 10.8 Å². The van der Waals surface area contributed by atoms with Crippen molar-refractivity contribution in [3.8, 4) is 0 Å². The summed E-state index contributed by atoms with van der Waals surface area (Å²) in [4.78, 5) is 5.55. The van der Waals surface area contributed by atoms with Crippen molar-refractivity contribution in [1.29, 1.82) is 0 Å². The van der Waals surface area contributed by atoms with Gasteiger partial charge >= 0.3 is 0 Å². The monoisotopic (exact) mass is 278 g/mol. The number of aromatic nitrogens is 2. The summed E-state index contributed by atoms with van der Waals surface area (Å²) < 4.78 is 2.21. The third kappa shape index (κ3) is 3.11. The van der Waals surface area contributed by atoms with E-state index >= 15 is 0 Å². The molecule has 2 rings (SSSR count). The van der Waals surface area contributed by atoms with Crippen molar-refractivity contribution in [2.45, 2.75) is 33.2 Å². The molecule has 0 saturated heterocycles. The van der Waals surface area contributed by atoms with Crippen molar-refractivity contribution >= 4 is 17.2 Å². The van der Waals surface area contributed by atoms with E-state index in [1.165, 1.54) is 10.6 Å². The molecule has 102 valence electrons. The first-order valence-electron chi connectivity index (χ1n) is 6.47. The van der Waals surface area contributed by atoms with Crippen molar-refractivity contribution in [1.82, 2.24) is 4.98 Å². The lowest BCUT2D eigenvalue weighted by Crippen LogP contribution is -2.36. The Balaban J connectivity index is 2.27. The van der Waals surface area contributed by atoms with Gasteiger partial charge in [0.15, 0.2) is 12.2 Å². The molecular formula is C14H20N3OS+. The van der Waals surface area contributed by atoms with Gasteiger partial charge in [0, 0.05) is 25.1 Å². The van der Waals surface area contributed by atoms with Crippen LogP contribution < -0.4 is 10.3 Å². The summed E-state index contributed by atoms with van der Waals surface area (Å²) in [7, 11) is 0. The first-order chi connectivity index (χ1) is 9.15. The van der Waals surface area contributed by atoms with Crippen molar-refractivity contribution in [2.24, 2.45) is 0 Å². The zero-order valence-electron chi connectivity index (χ0n) is 11.4. The third-order valence-electron chi connectivity index (χ3n) is 3.16. The predicted molar refractivity (Wildman–Crippen MR) is 77.2 cm³/mol. The molecule has 19 heavy (non-hydrogen) atoms. The van der Waals surface area contributed by atoms with Crippen LogP contribution in [0.2, 0.25) is 0 Å². The van der Waals surface area contributed by atoms with E-state index in [9.17, 15) is 0 Å². The van der Waals surface area contributed by atoms with Gasteiger partial charge in [-0.25, -0.2) is 4.98 Å². The topological polar surface area (TPSA) is 63.0 Å². The molecule has 0 aliphatic rings. The summed E-state index contributed by atoms with van der Waals surface area (Å²) in [6.07, 6.45) is 1.68. The highest BCUT2D eigenvalue weighted by Crippen LogP contribution is 2.15. The lowest BCUT2D eigenvalue weighted by atomic mass is 10.2. The van der Waals surface area contributed by atoms with E-state index in [1.54, 1.807) is 11.3 Å². The van der Waals surface area contributed by atoms with Gasteiger partial charge in [-0.15, -0.1) is 0 Å².